The van der Waals surface area contributed by atoms with Crippen LogP contribution < -0.4 is 5.32 Å². The van der Waals surface area contributed by atoms with Gasteiger partial charge in [0.1, 0.15) is 6.04 Å². The van der Waals surface area contributed by atoms with E-state index in [0.29, 0.717) is 6.42 Å². The van der Waals surface area contributed by atoms with Crippen LogP contribution in [0.3, 0.4) is 0 Å². The van der Waals surface area contributed by atoms with Crippen molar-refractivity contribution >= 4 is 12.0 Å². The lowest BCUT2D eigenvalue weighted by Gasteiger charge is -2.34. The van der Waals surface area contributed by atoms with E-state index in [0.717, 1.165) is 38.6 Å². The molecule has 0 radical (unpaired) electrons. The number of aliphatic carboxylic acids is 1. The van der Waals surface area contributed by atoms with Crippen LogP contribution in [0.4, 0.5) is 4.79 Å². The molecule has 1 aliphatic heterocycles. The number of hydrogen-bond acceptors (Lipinski definition) is 2. The Balaban J connectivity index is 2.51. The molecule has 0 aromatic carbocycles. The van der Waals surface area contributed by atoms with E-state index in [9.17, 15) is 9.59 Å². The van der Waals surface area contributed by atoms with Gasteiger partial charge in [0.15, 0.2) is 0 Å². The van der Waals surface area contributed by atoms with Gasteiger partial charge in [-0.05, 0) is 32.6 Å². The van der Waals surface area contributed by atoms with Crippen LogP contribution in [0.15, 0.2) is 0 Å². The maximum absolute atomic E-state index is 12.0. The van der Waals surface area contributed by atoms with Gasteiger partial charge in [-0.25, -0.2) is 9.59 Å². The summed E-state index contributed by atoms with van der Waals surface area (Å²) in [5.41, 5.74) is 0. The van der Waals surface area contributed by atoms with Crippen molar-refractivity contribution in [1.29, 1.82) is 0 Å². The predicted molar refractivity (Wildman–Crippen MR) is 69.5 cm³/mol. The van der Waals surface area contributed by atoms with E-state index < -0.39 is 12.0 Å². The number of rotatable bonds is 5. The molecule has 2 atom stereocenters. The number of unbranched alkanes of at least 4 members (excludes halogenated alkanes) is 1. The third kappa shape index (κ3) is 4.20. The fraction of sp³-hybridized carbons (Fsp3) is 0.846. The van der Waals surface area contributed by atoms with Crippen molar-refractivity contribution in [1.82, 2.24) is 10.2 Å². The maximum Gasteiger partial charge on any atom is 0.326 e. The molecule has 0 aromatic rings. The summed E-state index contributed by atoms with van der Waals surface area (Å²) in [6.45, 7) is 4.75. The standard InChI is InChI=1S/C13H24N2O3/c1-3-4-8-11(12(16)17)14-13(18)15-9-6-5-7-10(15)2/h10-11H,3-9H2,1-2H3,(H,14,18)(H,16,17)/t10?,11-/m0/s1. The van der Waals surface area contributed by atoms with E-state index in [4.69, 9.17) is 5.11 Å². The minimum Gasteiger partial charge on any atom is -0.480 e. The number of piperidine rings is 1. The Morgan fingerprint density at radius 1 is 1.44 bits per heavy atom. The Hall–Kier alpha value is -1.26. The second-order valence-electron chi connectivity index (χ2n) is 5.02. The Morgan fingerprint density at radius 2 is 2.17 bits per heavy atom. The van der Waals surface area contributed by atoms with Crippen molar-refractivity contribution in [2.45, 2.75) is 64.5 Å². The molecule has 5 heteroatoms. The van der Waals surface area contributed by atoms with Gasteiger partial charge in [-0.15, -0.1) is 0 Å². The van der Waals surface area contributed by atoms with Crippen molar-refractivity contribution < 1.29 is 14.7 Å². The molecular formula is C13H24N2O3. The van der Waals surface area contributed by atoms with Crippen LogP contribution in [-0.2, 0) is 4.79 Å². The molecule has 5 nitrogen and oxygen atoms in total. The first-order valence-corrected chi connectivity index (χ1v) is 6.86. The van der Waals surface area contributed by atoms with E-state index in [1.54, 1.807) is 4.90 Å². The molecule has 1 fully saturated rings. The lowest BCUT2D eigenvalue weighted by atomic mass is 10.0. The van der Waals surface area contributed by atoms with E-state index in [1.165, 1.54) is 0 Å². The Kier molecular flexibility index (Phi) is 5.95. The van der Waals surface area contributed by atoms with Crippen LogP contribution >= 0.6 is 0 Å². The lowest BCUT2D eigenvalue weighted by molar-refractivity contribution is -0.139. The Bertz CT molecular complexity index is 294. The highest BCUT2D eigenvalue weighted by atomic mass is 16.4. The number of carboxylic acids is 1. The molecule has 0 saturated carbocycles. The molecule has 0 spiro atoms. The monoisotopic (exact) mass is 256 g/mol. The highest BCUT2D eigenvalue weighted by molar-refractivity contribution is 5.82. The molecule has 0 bridgehead atoms. The van der Waals surface area contributed by atoms with Crippen molar-refractivity contribution in [3.05, 3.63) is 0 Å². The average molecular weight is 256 g/mol. The molecular weight excluding hydrogens is 232 g/mol. The highest BCUT2D eigenvalue weighted by Crippen LogP contribution is 2.16. The van der Waals surface area contributed by atoms with Gasteiger partial charge >= 0.3 is 12.0 Å². The molecule has 104 valence electrons. The number of urea groups is 1. The number of nitrogens with zero attached hydrogens (tertiary/aromatic N) is 1. The number of carbonyl (C=O) groups excluding carboxylic acids is 1. The summed E-state index contributed by atoms with van der Waals surface area (Å²) in [5, 5.41) is 11.7. The molecule has 1 unspecified atom stereocenters. The first kappa shape index (κ1) is 14.8. The second kappa shape index (κ2) is 7.24. The van der Waals surface area contributed by atoms with E-state index in [2.05, 4.69) is 5.32 Å². The fourth-order valence-electron chi connectivity index (χ4n) is 2.30. The van der Waals surface area contributed by atoms with Crippen LogP contribution in [0.2, 0.25) is 0 Å². The van der Waals surface area contributed by atoms with Crippen LogP contribution in [-0.4, -0.2) is 40.6 Å². The lowest BCUT2D eigenvalue weighted by Crippen LogP contribution is -2.52. The van der Waals surface area contributed by atoms with Crippen molar-refractivity contribution in [2.75, 3.05) is 6.54 Å². The maximum atomic E-state index is 12.0. The SMILES string of the molecule is CCCC[C@H](NC(=O)N1CCCCC1C)C(=O)O. The van der Waals surface area contributed by atoms with Gasteiger partial charge < -0.3 is 15.3 Å². The molecule has 2 N–H and O–H groups in total. The second-order valence-corrected chi connectivity index (χ2v) is 5.02. The van der Waals surface area contributed by atoms with Crippen molar-refractivity contribution in [3.63, 3.8) is 0 Å². The highest BCUT2D eigenvalue weighted by Gasteiger charge is 2.27. The quantitative estimate of drug-likeness (QED) is 0.792. The van der Waals surface area contributed by atoms with Crippen LogP contribution in [0.1, 0.15) is 52.4 Å². The number of carboxylic acid groups (broad SMARTS) is 1. The molecule has 1 saturated heterocycles. The summed E-state index contributed by atoms with van der Waals surface area (Å²) in [6.07, 6.45) is 5.39. The molecule has 1 aliphatic rings. The van der Waals surface area contributed by atoms with Gasteiger partial charge in [0.25, 0.3) is 0 Å². The number of nitrogens with one attached hydrogen (secondary N) is 1. The summed E-state index contributed by atoms with van der Waals surface area (Å²) in [5.74, 6) is -0.943. The van der Waals surface area contributed by atoms with Crippen LogP contribution in [0, 0.1) is 0 Å². The smallest absolute Gasteiger partial charge is 0.326 e. The largest absolute Gasteiger partial charge is 0.480 e. The molecule has 1 rings (SSSR count). The van der Waals surface area contributed by atoms with E-state index in [1.807, 2.05) is 13.8 Å². The van der Waals surface area contributed by atoms with Gasteiger partial charge in [0, 0.05) is 12.6 Å². The van der Waals surface area contributed by atoms with Crippen molar-refractivity contribution in [2.24, 2.45) is 0 Å². The summed E-state index contributed by atoms with van der Waals surface area (Å²) in [6, 6.07) is -0.781. The van der Waals surface area contributed by atoms with Gasteiger partial charge in [0.05, 0.1) is 0 Å². The third-order valence-corrected chi connectivity index (χ3v) is 3.51. The summed E-state index contributed by atoms with van der Waals surface area (Å²) in [4.78, 5) is 24.9. The Morgan fingerprint density at radius 3 is 2.72 bits per heavy atom. The average Bonchev–Trinajstić information content (AvgIpc) is 2.34. The van der Waals surface area contributed by atoms with E-state index >= 15 is 0 Å². The number of hydrogen-bond donors (Lipinski definition) is 2. The number of likely N-dealkylation sites (tertiary alicyclic amines) is 1. The van der Waals surface area contributed by atoms with Gasteiger partial charge in [-0.2, -0.15) is 0 Å². The van der Waals surface area contributed by atoms with Crippen LogP contribution in [0.25, 0.3) is 0 Å². The molecule has 18 heavy (non-hydrogen) atoms. The normalized spacial score (nSPS) is 21.4. The number of carbonyl (C=O) groups is 2. The molecule has 0 aromatic heterocycles. The molecule has 2 amide bonds. The summed E-state index contributed by atoms with van der Waals surface area (Å²) < 4.78 is 0. The van der Waals surface area contributed by atoms with Crippen LogP contribution in [0.5, 0.6) is 0 Å². The van der Waals surface area contributed by atoms with Gasteiger partial charge in [-0.3, -0.25) is 0 Å². The summed E-state index contributed by atoms with van der Waals surface area (Å²) in [7, 11) is 0. The zero-order valence-corrected chi connectivity index (χ0v) is 11.3. The minimum absolute atomic E-state index is 0.208. The topological polar surface area (TPSA) is 69.6 Å². The third-order valence-electron chi connectivity index (χ3n) is 3.51. The molecule has 0 aliphatic carbocycles. The number of amides is 2. The predicted octanol–water partition coefficient (Wildman–Crippen LogP) is 2.21. The fourth-order valence-corrected chi connectivity index (χ4v) is 2.30. The van der Waals surface area contributed by atoms with Gasteiger partial charge in [0.2, 0.25) is 0 Å². The summed E-state index contributed by atoms with van der Waals surface area (Å²) >= 11 is 0. The minimum atomic E-state index is -0.943. The molecule has 1 heterocycles. The van der Waals surface area contributed by atoms with Crippen molar-refractivity contribution in [3.8, 4) is 0 Å². The van der Waals surface area contributed by atoms with E-state index in [-0.39, 0.29) is 12.1 Å². The Labute approximate surface area is 109 Å². The zero-order valence-electron chi connectivity index (χ0n) is 11.3. The first-order chi connectivity index (χ1) is 8.56. The zero-order chi connectivity index (χ0) is 13.5. The first-order valence-electron chi connectivity index (χ1n) is 6.86. The van der Waals surface area contributed by atoms with Gasteiger partial charge in [-0.1, -0.05) is 19.8 Å².